The molecule has 1 N–H and O–H groups in total. The van der Waals surface area contributed by atoms with Gasteiger partial charge in [-0.2, -0.15) is 0 Å². The molecule has 0 bridgehead atoms. The van der Waals surface area contributed by atoms with Gasteiger partial charge < -0.3 is 10.1 Å². The second kappa shape index (κ2) is 8.55. The van der Waals surface area contributed by atoms with Gasteiger partial charge in [0.05, 0.1) is 0 Å². The highest BCUT2D eigenvalue weighted by Gasteiger charge is 2.34. The fourth-order valence-corrected chi connectivity index (χ4v) is 4.35. The van der Waals surface area contributed by atoms with Gasteiger partial charge in [0.1, 0.15) is 6.10 Å². The SMILES string of the molecule is CC(=O)O[C@H]1CN[C@@H](C(c2ccc(C(C)(C)C)cc2)c2ccc(C(C)(C)C)cc2)C1. The third-order valence-corrected chi connectivity index (χ3v) is 6.13. The zero-order chi connectivity index (χ0) is 22.1. The van der Waals surface area contributed by atoms with E-state index in [4.69, 9.17) is 4.74 Å². The number of hydrogen-bond donors (Lipinski definition) is 1. The molecule has 1 aliphatic rings. The molecule has 1 saturated heterocycles. The minimum absolute atomic E-state index is 0.0577. The van der Waals surface area contributed by atoms with Gasteiger partial charge >= 0.3 is 5.97 Å². The molecule has 3 rings (SSSR count). The lowest BCUT2D eigenvalue weighted by atomic mass is 9.80. The molecule has 0 saturated carbocycles. The summed E-state index contributed by atoms with van der Waals surface area (Å²) in [5.74, 6) is 0.0108. The number of carbonyl (C=O) groups is 1. The van der Waals surface area contributed by atoms with Crippen LogP contribution in [0.25, 0.3) is 0 Å². The predicted octanol–water partition coefficient (Wildman–Crippen LogP) is 5.71. The number of rotatable bonds is 4. The molecule has 1 heterocycles. The fraction of sp³-hybridized carbons (Fsp3) is 0.519. The van der Waals surface area contributed by atoms with E-state index in [0.29, 0.717) is 6.54 Å². The fourth-order valence-electron chi connectivity index (χ4n) is 4.35. The molecule has 0 amide bonds. The van der Waals surface area contributed by atoms with Crippen LogP contribution < -0.4 is 5.32 Å². The van der Waals surface area contributed by atoms with Gasteiger partial charge in [-0.25, -0.2) is 0 Å². The molecule has 2 aromatic rings. The lowest BCUT2D eigenvalue weighted by Crippen LogP contribution is -2.30. The molecule has 0 radical (unpaired) electrons. The molecule has 3 nitrogen and oxygen atoms in total. The van der Waals surface area contributed by atoms with Gasteiger partial charge in [-0.05, 0) is 33.1 Å². The highest BCUT2D eigenvalue weighted by Crippen LogP contribution is 2.35. The number of esters is 1. The summed E-state index contributed by atoms with van der Waals surface area (Å²) < 4.78 is 5.49. The number of hydrogen-bond acceptors (Lipinski definition) is 3. The van der Waals surface area contributed by atoms with E-state index >= 15 is 0 Å². The predicted molar refractivity (Wildman–Crippen MR) is 124 cm³/mol. The van der Waals surface area contributed by atoms with E-state index in [-0.39, 0.29) is 34.9 Å². The molecule has 0 aromatic heterocycles. The molecule has 0 aliphatic carbocycles. The first-order valence-electron chi connectivity index (χ1n) is 11.1. The van der Waals surface area contributed by atoms with Crippen molar-refractivity contribution >= 4 is 5.97 Å². The van der Waals surface area contributed by atoms with E-state index in [1.807, 2.05) is 0 Å². The van der Waals surface area contributed by atoms with Crippen molar-refractivity contribution in [2.24, 2.45) is 0 Å². The Morgan fingerprint density at radius 2 is 1.30 bits per heavy atom. The maximum Gasteiger partial charge on any atom is 0.302 e. The smallest absolute Gasteiger partial charge is 0.302 e. The average Bonchev–Trinajstić information content (AvgIpc) is 3.08. The third kappa shape index (κ3) is 5.31. The van der Waals surface area contributed by atoms with Gasteiger partial charge in [0, 0.05) is 31.8 Å². The molecule has 1 aliphatic heterocycles. The molecule has 0 spiro atoms. The van der Waals surface area contributed by atoms with Crippen molar-refractivity contribution in [3.8, 4) is 0 Å². The van der Waals surface area contributed by atoms with Crippen LogP contribution >= 0.6 is 0 Å². The summed E-state index contributed by atoms with van der Waals surface area (Å²) in [6, 6.07) is 18.3. The number of ether oxygens (including phenoxy) is 1. The Balaban J connectivity index is 1.94. The molecule has 1 fully saturated rings. The highest BCUT2D eigenvalue weighted by molar-refractivity contribution is 5.66. The first-order valence-corrected chi connectivity index (χ1v) is 11.1. The van der Waals surface area contributed by atoms with Crippen molar-refractivity contribution in [2.75, 3.05) is 6.54 Å². The molecule has 2 aromatic carbocycles. The van der Waals surface area contributed by atoms with Gasteiger partial charge in [0.2, 0.25) is 0 Å². The van der Waals surface area contributed by atoms with Crippen molar-refractivity contribution in [1.29, 1.82) is 0 Å². The number of nitrogens with one attached hydrogen (secondary N) is 1. The average molecular weight is 408 g/mol. The summed E-state index contributed by atoms with van der Waals surface area (Å²) in [5, 5.41) is 3.62. The van der Waals surface area contributed by atoms with E-state index in [1.54, 1.807) is 0 Å². The van der Waals surface area contributed by atoms with Gasteiger partial charge in [-0.15, -0.1) is 0 Å². The summed E-state index contributed by atoms with van der Waals surface area (Å²) in [5.41, 5.74) is 5.54. The summed E-state index contributed by atoms with van der Waals surface area (Å²) in [6.45, 7) is 15.7. The van der Waals surface area contributed by atoms with Crippen molar-refractivity contribution in [3.63, 3.8) is 0 Å². The largest absolute Gasteiger partial charge is 0.461 e. The summed E-state index contributed by atoms with van der Waals surface area (Å²) in [7, 11) is 0. The number of carbonyl (C=O) groups excluding carboxylic acids is 1. The minimum atomic E-state index is -0.205. The van der Waals surface area contributed by atoms with E-state index in [0.717, 1.165) is 6.42 Å². The summed E-state index contributed by atoms with van der Waals surface area (Å²) >= 11 is 0. The van der Waals surface area contributed by atoms with Gasteiger partial charge in [-0.3, -0.25) is 4.79 Å². The van der Waals surface area contributed by atoms with Crippen LogP contribution in [0.2, 0.25) is 0 Å². The normalized spacial score (nSPS) is 19.9. The third-order valence-electron chi connectivity index (χ3n) is 6.13. The van der Waals surface area contributed by atoms with Crippen molar-refractivity contribution in [2.45, 2.75) is 83.8 Å². The quantitative estimate of drug-likeness (QED) is 0.660. The zero-order valence-electron chi connectivity index (χ0n) is 19.6. The van der Waals surface area contributed by atoms with Crippen molar-refractivity contribution < 1.29 is 9.53 Å². The Labute approximate surface area is 182 Å². The van der Waals surface area contributed by atoms with E-state index in [2.05, 4.69) is 95.4 Å². The van der Waals surface area contributed by atoms with Crippen molar-refractivity contribution in [3.05, 3.63) is 70.8 Å². The van der Waals surface area contributed by atoms with Gasteiger partial charge in [-0.1, -0.05) is 90.1 Å². The minimum Gasteiger partial charge on any atom is -0.461 e. The second-order valence-corrected chi connectivity index (χ2v) is 10.7. The van der Waals surface area contributed by atoms with E-state index in [9.17, 15) is 4.79 Å². The van der Waals surface area contributed by atoms with Crippen molar-refractivity contribution in [1.82, 2.24) is 5.32 Å². The summed E-state index contributed by atoms with van der Waals surface area (Å²) in [4.78, 5) is 11.4. The van der Waals surface area contributed by atoms with Gasteiger partial charge in [0.25, 0.3) is 0 Å². The Kier molecular flexibility index (Phi) is 6.43. The summed E-state index contributed by atoms with van der Waals surface area (Å²) in [6.07, 6.45) is 0.768. The Hall–Kier alpha value is -2.13. The van der Waals surface area contributed by atoms with Crippen LogP contribution in [-0.4, -0.2) is 24.7 Å². The topological polar surface area (TPSA) is 38.3 Å². The van der Waals surface area contributed by atoms with E-state index in [1.165, 1.54) is 29.2 Å². The Bertz CT molecular complexity index is 796. The molecule has 3 heteroatoms. The standard InChI is InChI=1S/C27H37NO2/c1-18(29)30-23-16-24(28-17-23)25(19-8-12-21(13-9-19)26(2,3)4)20-10-14-22(15-11-20)27(5,6)7/h8-15,23-25,28H,16-17H2,1-7H3/t23-,24-/m1/s1. The van der Waals surface area contributed by atoms with Crippen LogP contribution in [0.15, 0.2) is 48.5 Å². The lowest BCUT2D eigenvalue weighted by Gasteiger charge is -2.27. The van der Waals surface area contributed by atoms with Crippen LogP contribution in [0.1, 0.15) is 83.1 Å². The van der Waals surface area contributed by atoms with Crippen LogP contribution in [0.5, 0.6) is 0 Å². The molecule has 30 heavy (non-hydrogen) atoms. The molecule has 0 unspecified atom stereocenters. The highest BCUT2D eigenvalue weighted by atomic mass is 16.5. The molecule has 2 atom stereocenters. The Morgan fingerprint density at radius 1 is 0.867 bits per heavy atom. The van der Waals surface area contributed by atoms with E-state index < -0.39 is 0 Å². The maximum atomic E-state index is 11.4. The van der Waals surface area contributed by atoms with Crippen LogP contribution in [0, 0.1) is 0 Å². The van der Waals surface area contributed by atoms with Crippen LogP contribution in [0.4, 0.5) is 0 Å². The van der Waals surface area contributed by atoms with Crippen LogP contribution in [0.3, 0.4) is 0 Å². The lowest BCUT2D eigenvalue weighted by molar-refractivity contribution is -0.145. The first kappa shape index (κ1) is 22.6. The second-order valence-electron chi connectivity index (χ2n) is 10.7. The maximum absolute atomic E-state index is 11.4. The van der Waals surface area contributed by atoms with Gasteiger partial charge in [0.15, 0.2) is 0 Å². The monoisotopic (exact) mass is 407 g/mol. The molecular formula is C27H37NO2. The molecular weight excluding hydrogens is 370 g/mol. The number of benzene rings is 2. The Morgan fingerprint density at radius 3 is 1.67 bits per heavy atom. The zero-order valence-corrected chi connectivity index (χ0v) is 19.6. The molecule has 162 valence electrons. The first-order chi connectivity index (χ1) is 13.9. The van der Waals surface area contributed by atoms with Crippen LogP contribution in [-0.2, 0) is 20.4 Å².